The third kappa shape index (κ3) is 6.35. The Labute approximate surface area is 122 Å². The van der Waals surface area contributed by atoms with Crippen LogP contribution in [0.1, 0.15) is 32.8 Å². The summed E-state index contributed by atoms with van der Waals surface area (Å²) in [6.45, 7) is 8.33. The normalized spacial score (nSPS) is 11.9. The lowest BCUT2D eigenvalue weighted by atomic mass is 10.1. The molecule has 0 heterocycles. The molecular formula is C16H27FN2O. The molecule has 3 nitrogen and oxygen atoms in total. The van der Waals surface area contributed by atoms with E-state index in [1.807, 2.05) is 20.2 Å². The summed E-state index contributed by atoms with van der Waals surface area (Å²) in [5, 5.41) is 3.36. The summed E-state index contributed by atoms with van der Waals surface area (Å²) in [5.74, 6) is 0.0890. The molecule has 1 aromatic carbocycles. The fourth-order valence-corrected chi connectivity index (χ4v) is 1.77. The summed E-state index contributed by atoms with van der Waals surface area (Å²) in [4.78, 5) is 2.09. The van der Waals surface area contributed by atoms with Crippen molar-refractivity contribution in [2.75, 3.05) is 27.2 Å². The smallest absolute Gasteiger partial charge is 0.165 e. The molecule has 0 saturated heterocycles. The number of nitrogens with one attached hydrogen (secondary N) is 1. The molecule has 1 N–H and O–H groups in total. The van der Waals surface area contributed by atoms with Crippen molar-refractivity contribution in [3.63, 3.8) is 0 Å². The van der Waals surface area contributed by atoms with E-state index < -0.39 is 0 Å². The van der Waals surface area contributed by atoms with Crippen LogP contribution in [-0.2, 0) is 6.54 Å². The third-order valence-electron chi connectivity index (χ3n) is 2.85. The highest BCUT2D eigenvalue weighted by Gasteiger charge is 2.13. The quantitative estimate of drug-likeness (QED) is 0.778. The van der Waals surface area contributed by atoms with E-state index in [1.54, 1.807) is 6.07 Å². The maximum atomic E-state index is 13.9. The van der Waals surface area contributed by atoms with Crippen molar-refractivity contribution in [1.82, 2.24) is 10.2 Å². The van der Waals surface area contributed by atoms with Gasteiger partial charge in [-0.15, -0.1) is 0 Å². The zero-order chi connectivity index (χ0) is 15.2. The van der Waals surface area contributed by atoms with Gasteiger partial charge in [-0.3, -0.25) is 0 Å². The molecule has 0 aliphatic rings. The molecule has 114 valence electrons. The topological polar surface area (TPSA) is 24.5 Å². The Morgan fingerprint density at radius 3 is 2.55 bits per heavy atom. The van der Waals surface area contributed by atoms with Crippen LogP contribution in [0, 0.1) is 5.82 Å². The van der Waals surface area contributed by atoms with E-state index in [0.29, 0.717) is 18.9 Å². The second kappa shape index (κ2) is 7.60. The maximum Gasteiger partial charge on any atom is 0.165 e. The molecule has 0 fully saturated rings. The lowest BCUT2D eigenvalue weighted by Crippen LogP contribution is -2.35. The highest BCUT2D eigenvalue weighted by atomic mass is 19.1. The molecule has 0 unspecified atom stereocenters. The van der Waals surface area contributed by atoms with Gasteiger partial charge in [0, 0.05) is 24.2 Å². The average Bonchev–Trinajstić information content (AvgIpc) is 2.32. The number of para-hydroxylation sites is 1. The van der Waals surface area contributed by atoms with Crippen LogP contribution in [0.3, 0.4) is 0 Å². The number of hydrogen-bond donors (Lipinski definition) is 1. The van der Waals surface area contributed by atoms with Gasteiger partial charge in [0.15, 0.2) is 11.6 Å². The van der Waals surface area contributed by atoms with Crippen LogP contribution in [0.15, 0.2) is 18.2 Å². The minimum absolute atomic E-state index is 0.00545. The number of halogens is 1. The first-order chi connectivity index (χ1) is 9.29. The minimum Gasteiger partial charge on any atom is -0.490 e. The molecular weight excluding hydrogens is 255 g/mol. The molecule has 0 atom stereocenters. The molecule has 0 spiro atoms. The Bertz CT molecular complexity index is 413. The summed E-state index contributed by atoms with van der Waals surface area (Å²) >= 11 is 0. The molecule has 0 saturated carbocycles. The van der Waals surface area contributed by atoms with Crippen molar-refractivity contribution in [3.05, 3.63) is 29.6 Å². The van der Waals surface area contributed by atoms with E-state index in [-0.39, 0.29) is 11.4 Å². The summed E-state index contributed by atoms with van der Waals surface area (Å²) in [6.07, 6.45) is 0.882. The number of nitrogens with zero attached hydrogens (tertiary/aromatic N) is 1. The summed E-state index contributed by atoms with van der Waals surface area (Å²) in [5.41, 5.74) is 0.860. The molecule has 0 amide bonds. The average molecular weight is 282 g/mol. The molecule has 0 aliphatic carbocycles. The number of ether oxygens (including phenoxy) is 1. The van der Waals surface area contributed by atoms with E-state index in [0.717, 1.165) is 18.5 Å². The van der Waals surface area contributed by atoms with Crippen molar-refractivity contribution in [3.8, 4) is 5.75 Å². The van der Waals surface area contributed by atoms with Crippen molar-refractivity contribution in [2.24, 2.45) is 0 Å². The fourth-order valence-electron chi connectivity index (χ4n) is 1.77. The SMILES string of the molecule is CN(C)CCCOc1c(F)cccc1CNC(C)(C)C. The van der Waals surface area contributed by atoms with Gasteiger partial charge in [0.05, 0.1) is 6.61 Å². The Morgan fingerprint density at radius 1 is 1.25 bits per heavy atom. The van der Waals surface area contributed by atoms with Gasteiger partial charge in [0.25, 0.3) is 0 Å². The first kappa shape index (κ1) is 16.9. The van der Waals surface area contributed by atoms with E-state index in [4.69, 9.17) is 4.74 Å². The molecule has 20 heavy (non-hydrogen) atoms. The van der Waals surface area contributed by atoms with Crippen molar-refractivity contribution >= 4 is 0 Å². The highest BCUT2D eigenvalue weighted by molar-refractivity contribution is 5.35. The second-order valence-corrected chi connectivity index (χ2v) is 6.34. The molecule has 0 bridgehead atoms. The van der Waals surface area contributed by atoms with Gasteiger partial charge in [-0.1, -0.05) is 12.1 Å². The van der Waals surface area contributed by atoms with E-state index >= 15 is 0 Å². The third-order valence-corrected chi connectivity index (χ3v) is 2.85. The van der Waals surface area contributed by atoms with Crippen molar-refractivity contribution in [2.45, 2.75) is 39.3 Å². The van der Waals surface area contributed by atoms with Crippen LogP contribution in [0.25, 0.3) is 0 Å². The van der Waals surface area contributed by atoms with E-state index in [9.17, 15) is 4.39 Å². The van der Waals surface area contributed by atoms with Crippen LogP contribution in [0.5, 0.6) is 5.75 Å². The fraction of sp³-hybridized carbons (Fsp3) is 0.625. The van der Waals surface area contributed by atoms with Crippen LogP contribution < -0.4 is 10.1 Å². The Hall–Kier alpha value is -1.13. The standard InChI is InChI=1S/C16H27FN2O/c1-16(2,3)18-12-13-8-6-9-14(17)15(13)20-11-7-10-19(4)5/h6,8-9,18H,7,10-12H2,1-5H3. The monoisotopic (exact) mass is 282 g/mol. The largest absolute Gasteiger partial charge is 0.490 e. The molecule has 1 rings (SSSR count). The highest BCUT2D eigenvalue weighted by Crippen LogP contribution is 2.23. The number of rotatable bonds is 7. The summed E-state index contributed by atoms with van der Waals surface area (Å²) in [7, 11) is 4.03. The van der Waals surface area contributed by atoms with Crippen molar-refractivity contribution < 1.29 is 9.13 Å². The Morgan fingerprint density at radius 2 is 1.95 bits per heavy atom. The Balaban J connectivity index is 2.63. The van der Waals surface area contributed by atoms with Gasteiger partial charge in [-0.05, 0) is 47.4 Å². The van der Waals surface area contributed by atoms with E-state index in [1.165, 1.54) is 6.07 Å². The summed E-state index contributed by atoms with van der Waals surface area (Å²) < 4.78 is 19.5. The van der Waals surface area contributed by atoms with Gasteiger partial charge in [-0.25, -0.2) is 4.39 Å². The first-order valence-corrected chi connectivity index (χ1v) is 7.09. The zero-order valence-corrected chi connectivity index (χ0v) is 13.3. The molecule has 0 radical (unpaired) electrons. The predicted octanol–water partition coefficient (Wildman–Crippen LogP) is 3.04. The van der Waals surface area contributed by atoms with Gasteiger partial charge < -0.3 is 15.0 Å². The minimum atomic E-state index is -0.289. The Kier molecular flexibility index (Phi) is 6.43. The lowest BCUT2D eigenvalue weighted by Gasteiger charge is -2.22. The van der Waals surface area contributed by atoms with Crippen molar-refractivity contribution in [1.29, 1.82) is 0 Å². The van der Waals surface area contributed by atoms with Crippen LogP contribution >= 0.6 is 0 Å². The maximum absolute atomic E-state index is 13.9. The zero-order valence-electron chi connectivity index (χ0n) is 13.3. The number of hydrogen-bond acceptors (Lipinski definition) is 3. The van der Waals surface area contributed by atoms with Gasteiger partial charge in [0.1, 0.15) is 0 Å². The second-order valence-electron chi connectivity index (χ2n) is 6.34. The number of benzene rings is 1. The first-order valence-electron chi connectivity index (χ1n) is 7.09. The summed E-state index contributed by atoms with van der Waals surface area (Å²) in [6, 6.07) is 5.08. The lowest BCUT2D eigenvalue weighted by molar-refractivity contribution is 0.267. The van der Waals surface area contributed by atoms with Crippen LogP contribution in [-0.4, -0.2) is 37.7 Å². The van der Waals surface area contributed by atoms with Crippen LogP contribution in [0.2, 0.25) is 0 Å². The predicted molar refractivity (Wildman–Crippen MR) is 81.7 cm³/mol. The van der Waals surface area contributed by atoms with E-state index in [2.05, 4.69) is 31.0 Å². The molecule has 1 aromatic rings. The van der Waals surface area contributed by atoms with Crippen LogP contribution in [0.4, 0.5) is 4.39 Å². The van der Waals surface area contributed by atoms with Gasteiger partial charge >= 0.3 is 0 Å². The van der Waals surface area contributed by atoms with Gasteiger partial charge in [0.2, 0.25) is 0 Å². The van der Waals surface area contributed by atoms with Gasteiger partial charge in [-0.2, -0.15) is 0 Å². The molecule has 4 heteroatoms. The molecule has 0 aliphatic heterocycles. The molecule has 0 aromatic heterocycles.